The van der Waals surface area contributed by atoms with Gasteiger partial charge in [0.05, 0.1) is 23.3 Å². The van der Waals surface area contributed by atoms with Gasteiger partial charge in [0.1, 0.15) is 11.6 Å². The predicted molar refractivity (Wildman–Crippen MR) is 146 cm³/mol. The molecule has 0 radical (unpaired) electrons. The second-order valence-electron chi connectivity index (χ2n) is 8.52. The Bertz CT molecular complexity index is 1540. The summed E-state index contributed by atoms with van der Waals surface area (Å²) in [6, 6.07) is 12.9. The molecule has 1 atom stereocenters. The lowest BCUT2D eigenvalue weighted by molar-refractivity contribution is -0.116. The number of nitrogens with two attached hydrogens (primary N) is 1. The summed E-state index contributed by atoms with van der Waals surface area (Å²) in [7, 11) is 0. The minimum Gasteiger partial charge on any atom is -0.384 e. The largest absolute Gasteiger partial charge is 0.384 e. The molecule has 1 aromatic heterocycles. The molecule has 5 rings (SSSR count). The zero-order valence-electron chi connectivity index (χ0n) is 19.6. The van der Waals surface area contributed by atoms with E-state index in [9.17, 15) is 14.9 Å². The van der Waals surface area contributed by atoms with Crippen molar-refractivity contribution in [2.75, 3.05) is 10.7 Å². The smallest absolute Gasteiger partial charge is 0.219 e. The molecule has 1 unspecified atom stereocenters. The molecule has 2 heterocycles. The predicted octanol–water partition coefficient (Wildman–Crippen LogP) is 6.26. The van der Waals surface area contributed by atoms with Crippen molar-refractivity contribution in [2.45, 2.75) is 29.5 Å². The van der Waals surface area contributed by atoms with Gasteiger partial charge in [-0.2, -0.15) is 5.26 Å². The third kappa shape index (κ3) is 4.83. The topological polar surface area (TPSA) is 113 Å². The maximum absolute atomic E-state index is 15.0. The minimum absolute atomic E-state index is 0.00770. The van der Waals surface area contributed by atoms with Crippen molar-refractivity contribution in [2.24, 2.45) is 5.73 Å². The fourth-order valence-electron chi connectivity index (χ4n) is 4.58. The van der Waals surface area contributed by atoms with Gasteiger partial charge in [-0.15, -0.1) is 10.2 Å². The molecular formula is C26H18Cl2FN5O2S2. The van der Waals surface area contributed by atoms with Crippen LogP contribution in [0.5, 0.6) is 0 Å². The number of hydrogen-bond acceptors (Lipinski definition) is 9. The van der Waals surface area contributed by atoms with Gasteiger partial charge in [-0.1, -0.05) is 52.4 Å². The van der Waals surface area contributed by atoms with Crippen molar-refractivity contribution in [3.8, 4) is 6.07 Å². The summed E-state index contributed by atoms with van der Waals surface area (Å²) in [4.78, 5) is 27.3. The van der Waals surface area contributed by atoms with Gasteiger partial charge in [-0.25, -0.2) is 4.39 Å². The lowest BCUT2D eigenvalue weighted by atomic mass is 9.75. The number of anilines is 1. The highest BCUT2D eigenvalue weighted by atomic mass is 35.5. The summed E-state index contributed by atoms with van der Waals surface area (Å²) in [5, 5.41) is 19.5. The van der Waals surface area contributed by atoms with Crippen LogP contribution in [-0.2, 0) is 4.79 Å². The molecule has 0 fully saturated rings. The number of benzene rings is 2. The number of halogens is 3. The van der Waals surface area contributed by atoms with Crippen LogP contribution in [0.1, 0.15) is 41.1 Å². The number of carbonyl (C=O) groups is 2. The Hall–Kier alpha value is -3.23. The molecule has 12 heteroatoms. The summed E-state index contributed by atoms with van der Waals surface area (Å²) >= 11 is 14.7. The maximum Gasteiger partial charge on any atom is 0.219 e. The van der Waals surface area contributed by atoms with Crippen LogP contribution in [0, 0.1) is 17.1 Å². The summed E-state index contributed by atoms with van der Waals surface area (Å²) in [5.74, 6) is -1.78. The number of ketones is 2. The van der Waals surface area contributed by atoms with Crippen molar-refractivity contribution < 1.29 is 14.0 Å². The average Bonchev–Trinajstić information content (AvgIpc) is 3.36. The second-order valence-corrected chi connectivity index (χ2v) is 11.5. The van der Waals surface area contributed by atoms with Gasteiger partial charge in [0.15, 0.2) is 15.9 Å². The Morgan fingerprint density at radius 2 is 1.97 bits per heavy atom. The Labute approximate surface area is 235 Å². The molecule has 0 saturated heterocycles. The van der Waals surface area contributed by atoms with Crippen LogP contribution in [0.4, 0.5) is 9.52 Å². The van der Waals surface area contributed by atoms with Crippen LogP contribution in [0.2, 0.25) is 10.0 Å². The van der Waals surface area contributed by atoms with E-state index in [1.165, 1.54) is 41.3 Å². The van der Waals surface area contributed by atoms with Crippen molar-refractivity contribution >= 4 is 63.0 Å². The van der Waals surface area contributed by atoms with E-state index in [0.717, 1.165) is 0 Å². The van der Waals surface area contributed by atoms with E-state index in [1.807, 2.05) is 0 Å². The molecule has 1 aliphatic carbocycles. The Balaban J connectivity index is 1.50. The molecule has 2 N–H and O–H groups in total. The molecule has 0 bridgehead atoms. The van der Waals surface area contributed by atoms with Gasteiger partial charge >= 0.3 is 0 Å². The Morgan fingerprint density at radius 1 is 1.21 bits per heavy atom. The van der Waals surface area contributed by atoms with Gasteiger partial charge in [0, 0.05) is 38.9 Å². The first-order valence-electron chi connectivity index (χ1n) is 11.4. The number of rotatable bonds is 6. The molecule has 0 amide bonds. The minimum atomic E-state index is -1.02. The van der Waals surface area contributed by atoms with Gasteiger partial charge < -0.3 is 5.73 Å². The first kappa shape index (κ1) is 26.4. The maximum atomic E-state index is 15.0. The van der Waals surface area contributed by atoms with E-state index in [0.29, 0.717) is 38.6 Å². The third-order valence-electron chi connectivity index (χ3n) is 6.28. The van der Waals surface area contributed by atoms with Gasteiger partial charge in [-0.3, -0.25) is 14.5 Å². The fourth-order valence-corrected chi connectivity index (χ4v) is 6.75. The fraction of sp³-hybridized carbons (Fsp3) is 0.192. The van der Waals surface area contributed by atoms with Gasteiger partial charge in [0.25, 0.3) is 0 Å². The number of allylic oxidation sites excluding steroid dienone is 3. The number of hydrogen-bond donors (Lipinski definition) is 1. The highest BCUT2D eigenvalue weighted by Crippen LogP contribution is 2.48. The van der Waals surface area contributed by atoms with Crippen LogP contribution in [-0.4, -0.2) is 27.5 Å². The van der Waals surface area contributed by atoms with Crippen molar-refractivity contribution in [3.05, 3.63) is 92.1 Å². The first-order valence-corrected chi connectivity index (χ1v) is 14.0. The highest BCUT2D eigenvalue weighted by Gasteiger charge is 2.42. The van der Waals surface area contributed by atoms with E-state index < -0.39 is 11.7 Å². The van der Waals surface area contributed by atoms with Crippen LogP contribution in [0.15, 0.2) is 69.5 Å². The summed E-state index contributed by atoms with van der Waals surface area (Å²) in [5.41, 5.74) is 7.93. The van der Waals surface area contributed by atoms with E-state index in [2.05, 4.69) is 16.3 Å². The lowest BCUT2D eigenvalue weighted by Gasteiger charge is -2.38. The summed E-state index contributed by atoms with van der Waals surface area (Å²) in [6.45, 7) is 0. The van der Waals surface area contributed by atoms with Gasteiger partial charge in [0.2, 0.25) is 5.13 Å². The normalized spacial score (nSPS) is 17.5. The molecule has 1 aliphatic heterocycles. The molecule has 3 aromatic rings. The molecular weight excluding hydrogens is 568 g/mol. The lowest BCUT2D eigenvalue weighted by Crippen LogP contribution is -2.39. The molecule has 7 nitrogen and oxygen atoms in total. The van der Waals surface area contributed by atoms with Crippen molar-refractivity contribution in [3.63, 3.8) is 0 Å². The Morgan fingerprint density at radius 3 is 2.68 bits per heavy atom. The Kier molecular flexibility index (Phi) is 7.54. The molecule has 0 saturated carbocycles. The number of nitriles is 1. The monoisotopic (exact) mass is 585 g/mol. The van der Waals surface area contributed by atoms with Crippen molar-refractivity contribution in [1.29, 1.82) is 5.26 Å². The molecule has 38 heavy (non-hydrogen) atoms. The first-order chi connectivity index (χ1) is 18.3. The van der Waals surface area contributed by atoms with Crippen LogP contribution >= 0.6 is 46.3 Å². The van der Waals surface area contributed by atoms with E-state index in [1.54, 1.807) is 29.2 Å². The van der Waals surface area contributed by atoms with Crippen LogP contribution in [0.3, 0.4) is 0 Å². The molecule has 2 aliphatic rings. The summed E-state index contributed by atoms with van der Waals surface area (Å²) in [6.07, 6.45) is 1.30. The van der Waals surface area contributed by atoms with E-state index in [-0.39, 0.29) is 51.3 Å². The van der Waals surface area contributed by atoms with Crippen LogP contribution < -0.4 is 10.6 Å². The number of Topliss-reactive ketones (excluding diaryl/α,β-unsaturated/α-hetero) is 2. The molecule has 192 valence electrons. The average molecular weight is 587 g/mol. The van der Waals surface area contributed by atoms with Gasteiger partial charge in [-0.05, 0) is 49.2 Å². The highest BCUT2D eigenvalue weighted by molar-refractivity contribution is 8.01. The van der Waals surface area contributed by atoms with Crippen molar-refractivity contribution in [1.82, 2.24) is 10.2 Å². The standard InChI is InChI=1S/C26H18Cl2FN5O2S2/c27-14-9-7-13(8-10-14)20(36)12-37-26-33-32-25(38-26)34-18-5-2-6-19(35)23(18)21(15(11-30)24(34)31)22-16(28)3-1-4-17(22)29/h1,3-4,7-10,21H,2,5-6,12,31H2. The van der Waals surface area contributed by atoms with E-state index in [4.69, 9.17) is 28.9 Å². The molecule has 0 spiro atoms. The van der Waals surface area contributed by atoms with Crippen LogP contribution in [0.25, 0.3) is 0 Å². The number of aromatic nitrogens is 2. The SMILES string of the molecule is N#CC1=C(N)N(c2nnc(SCC(=O)c3ccc(Cl)cc3)s2)C2=C(C(=O)CCC2)C1c1c(F)cccc1Cl. The second kappa shape index (κ2) is 10.9. The number of carbonyl (C=O) groups excluding carboxylic acids is 2. The number of thioether (sulfide) groups is 1. The third-order valence-corrected chi connectivity index (χ3v) is 8.91. The number of nitrogens with zero attached hydrogens (tertiary/aromatic N) is 4. The zero-order chi connectivity index (χ0) is 27.0. The quantitative estimate of drug-likeness (QED) is 0.266. The van der Waals surface area contributed by atoms with E-state index >= 15 is 4.39 Å². The molecule has 2 aromatic carbocycles. The zero-order valence-corrected chi connectivity index (χ0v) is 22.7. The summed E-state index contributed by atoms with van der Waals surface area (Å²) < 4.78 is 15.5.